The number of aliphatic hydroxyl groups is 4. The van der Waals surface area contributed by atoms with Gasteiger partial charge in [-0.2, -0.15) is 0 Å². The number of Topliss-reactive ketones (excluding diaryl/α,β-unsaturated/α-hetero) is 1. The van der Waals surface area contributed by atoms with E-state index in [2.05, 4.69) is 35.2 Å². The SMILES string of the molecule is CC[C@H]1C[C@H](C)[C@@]2(NC1=O)O[C@@H](C[C@H](O)[C@@H](C)CCCCCC(C)[C@@H]1CCCCC[C@H](O)[C@H](C)[C@@H](O)C(CCC(C)=O)C(=O)NC(C(C)C)C(=O)N[C@@H](Cc3ccccc3)C(=O)N3CCC[C@H](N3)C(=O)O1)[C@H](C)[C@H](O)[C@@H]2C. The summed E-state index contributed by atoms with van der Waals surface area (Å²) >= 11 is 0. The summed E-state index contributed by atoms with van der Waals surface area (Å²) in [5, 5.41) is 56.3. The van der Waals surface area contributed by atoms with Crippen LogP contribution in [-0.2, 0) is 44.7 Å². The zero-order valence-electron chi connectivity index (χ0n) is 48.2. The molecule has 1 aromatic rings. The van der Waals surface area contributed by atoms with Gasteiger partial charge in [-0.15, -0.1) is 0 Å². The maximum Gasteiger partial charge on any atom is 0.325 e. The quantitative estimate of drug-likeness (QED) is 0.0618. The second kappa shape index (κ2) is 30.0. The van der Waals surface area contributed by atoms with Crippen molar-refractivity contribution in [2.24, 2.45) is 53.3 Å². The average molecular weight is 1080 g/mol. The minimum atomic E-state index is -1.32. The molecule has 4 fully saturated rings. The summed E-state index contributed by atoms with van der Waals surface area (Å²) in [6, 6.07) is 6.25. The van der Waals surface area contributed by atoms with Crippen molar-refractivity contribution in [1.29, 1.82) is 0 Å². The largest absolute Gasteiger partial charge is 0.461 e. The third-order valence-electron chi connectivity index (χ3n) is 18.1. The van der Waals surface area contributed by atoms with Gasteiger partial charge in [0.2, 0.25) is 17.7 Å². The smallest absolute Gasteiger partial charge is 0.325 e. The lowest BCUT2D eigenvalue weighted by molar-refractivity contribution is -0.267. The number of piperidine rings is 1. The van der Waals surface area contributed by atoms with E-state index in [1.54, 1.807) is 20.8 Å². The Bertz CT molecular complexity index is 2060. The normalized spacial score (nSPS) is 34.9. The van der Waals surface area contributed by atoms with E-state index in [0.717, 1.165) is 44.1 Å². The molecule has 436 valence electrons. The molecule has 2 bridgehead atoms. The standard InChI is InChI=1S/C60H99N5O12/c1-11-44-32-38(6)60(63-55(44)71)42(10)53(69)41(9)51(77-60)34-49(68)36(4)22-15-12-16-23-37(5)50-28-20-14-19-27-48(67)40(8)54(70)45(30-29-39(7)66)56(72)62-52(35(2)3)57(73)61-47(33-43-24-17-13-18-25-43)58(74)65-31-21-26-46(64-65)59(75)76-50/h13,17-18,24-25,35-38,40-42,44-54,64,67-70H,11-12,14-16,19-23,26-34H2,1-10H3,(H,61,73)(H,62,72)(H,63,71)/t36-,37?,38-,40-,41-,42-,44-,45?,46-,47-,48-,49-,50-,51-,52?,53-,54+,60+/m0/s1. The van der Waals surface area contributed by atoms with Crippen LogP contribution < -0.4 is 21.4 Å². The first-order valence-corrected chi connectivity index (χ1v) is 29.6. The molecular formula is C60H99N5O12. The summed E-state index contributed by atoms with van der Waals surface area (Å²) in [6.07, 6.45) is 5.60. The van der Waals surface area contributed by atoms with Crippen molar-refractivity contribution in [3.8, 4) is 0 Å². The van der Waals surface area contributed by atoms with E-state index in [1.807, 2.05) is 58.0 Å². The monoisotopic (exact) mass is 1080 g/mol. The third kappa shape index (κ3) is 17.3. The van der Waals surface area contributed by atoms with E-state index in [4.69, 9.17) is 9.47 Å². The highest BCUT2D eigenvalue weighted by Gasteiger charge is 2.57. The van der Waals surface area contributed by atoms with Crippen LogP contribution in [0.2, 0.25) is 0 Å². The number of aliphatic hydroxyl groups excluding tert-OH is 4. The first-order chi connectivity index (χ1) is 36.5. The van der Waals surface area contributed by atoms with Crippen molar-refractivity contribution in [3.05, 3.63) is 35.9 Å². The van der Waals surface area contributed by atoms with Crippen molar-refractivity contribution in [2.75, 3.05) is 6.54 Å². The minimum Gasteiger partial charge on any atom is -0.461 e. The molecule has 4 heterocycles. The molecule has 4 amide bonds. The number of nitrogens with one attached hydrogen (secondary N) is 4. The second-order valence-electron chi connectivity index (χ2n) is 24.4. The molecule has 17 heteroatoms. The number of amides is 4. The molecule has 0 aromatic heterocycles. The maximum absolute atomic E-state index is 14.5. The van der Waals surface area contributed by atoms with Crippen molar-refractivity contribution in [2.45, 2.75) is 245 Å². The number of hydrogen-bond acceptors (Lipinski definition) is 13. The number of carbonyl (C=O) groups is 6. The molecule has 4 aliphatic heterocycles. The summed E-state index contributed by atoms with van der Waals surface area (Å²) in [7, 11) is 0. The summed E-state index contributed by atoms with van der Waals surface area (Å²) in [5.74, 6) is -5.24. The van der Waals surface area contributed by atoms with E-state index < -0.39 is 102 Å². The van der Waals surface area contributed by atoms with Gasteiger partial charge in [0.15, 0.2) is 0 Å². The molecule has 0 saturated carbocycles. The molecule has 77 heavy (non-hydrogen) atoms. The number of esters is 1. The fourth-order valence-electron chi connectivity index (χ4n) is 12.5. The van der Waals surface area contributed by atoms with E-state index in [-0.39, 0.29) is 66.5 Å². The van der Waals surface area contributed by atoms with Crippen LogP contribution in [0.1, 0.15) is 184 Å². The Balaban J connectivity index is 1.26. The Morgan fingerprint density at radius 3 is 2.18 bits per heavy atom. The number of unbranched alkanes of at least 4 members (excludes halogenated alkanes) is 2. The van der Waals surface area contributed by atoms with E-state index in [1.165, 1.54) is 11.9 Å². The van der Waals surface area contributed by atoms with Gasteiger partial charge in [-0.25, -0.2) is 5.43 Å². The molecule has 4 aliphatic rings. The predicted molar refractivity (Wildman–Crippen MR) is 294 cm³/mol. The highest BCUT2D eigenvalue weighted by Crippen LogP contribution is 2.46. The van der Waals surface area contributed by atoms with Gasteiger partial charge in [0, 0.05) is 55.4 Å². The first kappa shape index (κ1) is 63.8. The van der Waals surface area contributed by atoms with Gasteiger partial charge in [0.05, 0.1) is 36.4 Å². The van der Waals surface area contributed by atoms with Crippen molar-refractivity contribution in [1.82, 2.24) is 26.4 Å². The zero-order valence-corrected chi connectivity index (χ0v) is 48.2. The number of hydrazine groups is 1. The molecule has 5 rings (SSSR count). The number of ether oxygens (including phenoxy) is 2. The van der Waals surface area contributed by atoms with E-state index >= 15 is 0 Å². The maximum atomic E-state index is 14.5. The molecule has 1 spiro atoms. The number of carbonyl (C=O) groups excluding carboxylic acids is 6. The highest BCUT2D eigenvalue weighted by molar-refractivity contribution is 5.93. The lowest BCUT2D eigenvalue weighted by Gasteiger charge is -2.56. The number of benzene rings is 1. The Hall–Kier alpha value is -4.00. The predicted octanol–water partition coefficient (Wildman–Crippen LogP) is 6.45. The molecule has 18 atom stereocenters. The van der Waals surface area contributed by atoms with Gasteiger partial charge in [-0.3, -0.25) is 29.0 Å². The van der Waals surface area contributed by atoms with Crippen LogP contribution in [0, 0.1) is 53.3 Å². The van der Waals surface area contributed by atoms with Crippen molar-refractivity contribution < 1.29 is 58.7 Å². The van der Waals surface area contributed by atoms with Gasteiger partial charge < -0.3 is 50.6 Å². The molecule has 1 aromatic carbocycles. The third-order valence-corrected chi connectivity index (χ3v) is 18.1. The molecule has 3 unspecified atom stereocenters. The number of nitrogens with zero attached hydrogens (tertiary/aromatic N) is 1. The minimum absolute atomic E-state index is 0.00214. The van der Waals surface area contributed by atoms with Crippen LogP contribution in [0.25, 0.3) is 0 Å². The van der Waals surface area contributed by atoms with Gasteiger partial charge >= 0.3 is 5.97 Å². The van der Waals surface area contributed by atoms with Crippen LogP contribution in [0.15, 0.2) is 30.3 Å². The molecule has 8 N–H and O–H groups in total. The van der Waals surface area contributed by atoms with Crippen LogP contribution in [0.4, 0.5) is 0 Å². The average Bonchev–Trinajstić information content (AvgIpc) is 3.40. The molecular weight excluding hydrogens is 983 g/mol. The summed E-state index contributed by atoms with van der Waals surface area (Å²) in [4.78, 5) is 82.3. The number of hydrogen-bond donors (Lipinski definition) is 8. The first-order valence-electron chi connectivity index (χ1n) is 29.6. The van der Waals surface area contributed by atoms with Crippen LogP contribution >= 0.6 is 0 Å². The Morgan fingerprint density at radius 2 is 1.51 bits per heavy atom. The summed E-state index contributed by atoms with van der Waals surface area (Å²) in [5.41, 5.74) is 2.95. The van der Waals surface area contributed by atoms with Crippen LogP contribution in [0.5, 0.6) is 0 Å². The molecule has 0 aliphatic carbocycles. The van der Waals surface area contributed by atoms with Crippen LogP contribution in [-0.4, -0.2) is 128 Å². The highest BCUT2D eigenvalue weighted by atomic mass is 16.5. The van der Waals surface area contributed by atoms with Gasteiger partial charge in [-0.05, 0) is 94.4 Å². The number of rotatable bonds is 17. The van der Waals surface area contributed by atoms with Crippen molar-refractivity contribution >= 4 is 35.4 Å². The summed E-state index contributed by atoms with van der Waals surface area (Å²) < 4.78 is 13.2. The topological polar surface area (TPSA) is 253 Å². The fourth-order valence-corrected chi connectivity index (χ4v) is 12.5. The second-order valence-corrected chi connectivity index (χ2v) is 24.4. The number of cyclic esters (lactones) is 1. The molecule has 0 radical (unpaired) electrons. The van der Waals surface area contributed by atoms with Gasteiger partial charge in [0.1, 0.15) is 35.7 Å². The lowest BCUT2D eigenvalue weighted by Crippen LogP contribution is -2.71. The molecule has 4 saturated heterocycles. The zero-order chi connectivity index (χ0) is 56.7. The van der Waals surface area contributed by atoms with E-state index in [0.29, 0.717) is 64.3 Å². The molecule has 17 nitrogen and oxygen atoms in total. The summed E-state index contributed by atoms with van der Waals surface area (Å²) in [6.45, 7) is 19.0. The van der Waals surface area contributed by atoms with Crippen molar-refractivity contribution in [3.63, 3.8) is 0 Å². The Labute approximate surface area is 459 Å². The lowest BCUT2D eigenvalue weighted by atomic mass is 9.69. The number of ketones is 1. The van der Waals surface area contributed by atoms with Gasteiger partial charge in [-0.1, -0.05) is 125 Å². The number of fused-ring (bicyclic) bond motifs is 2. The Kier molecular flexibility index (Phi) is 24.9. The van der Waals surface area contributed by atoms with Crippen LogP contribution in [0.3, 0.4) is 0 Å². The fraction of sp³-hybridized carbons (Fsp3) is 0.800. The Morgan fingerprint density at radius 1 is 0.818 bits per heavy atom. The van der Waals surface area contributed by atoms with E-state index in [9.17, 15) is 49.2 Å². The van der Waals surface area contributed by atoms with Gasteiger partial charge in [0.25, 0.3) is 5.91 Å².